The van der Waals surface area contributed by atoms with Gasteiger partial charge in [-0.2, -0.15) is 0 Å². The summed E-state index contributed by atoms with van der Waals surface area (Å²) in [6.45, 7) is 2.29. The molecule has 1 saturated carbocycles. The highest BCUT2D eigenvalue weighted by atomic mass is 79.9. The molecule has 0 radical (unpaired) electrons. The fourth-order valence-corrected chi connectivity index (χ4v) is 2.67. The van der Waals surface area contributed by atoms with Gasteiger partial charge >= 0.3 is 0 Å². The molecule has 1 atom stereocenters. The lowest BCUT2D eigenvalue weighted by atomic mass is 10.3. The maximum Gasteiger partial charge on any atom is 0.119 e. The first kappa shape index (κ1) is 16.7. The van der Waals surface area contributed by atoms with Crippen molar-refractivity contribution in [2.24, 2.45) is 0 Å². The zero-order valence-electron chi connectivity index (χ0n) is 12.3. The van der Waals surface area contributed by atoms with Gasteiger partial charge < -0.3 is 19.9 Å². The summed E-state index contributed by atoms with van der Waals surface area (Å²) in [4.78, 5) is 0. The second kappa shape index (κ2) is 9.41. The molecule has 1 aliphatic rings. The number of aliphatic hydroxyl groups is 1. The molecule has 4 nitrogen and oxygen atoms in total. The van der Waals surface area contributed by atoms with Gasteiger partial charge in [-0.25, -0.2) is 0 Å². The zero-order valence-corrected chi connectivity index (χ0v) is 13.8. The lowest BCUT2D eigenvalue weighted by molar-refractivity contribution is 0.0563. The van der Waals surface area contributed by atoms with Gasteiger partial charge in [0.25, 0.3) is 0 Å². The minimum atomic E-state index is -0.514. The number of rotatable bonds is 9. The Labute approximate surface area is 135 Å². The number of hydrogen-bond donors (Lipinski definition) is 2. The molecule has 0 aromatic heterocycles. The Morgan fingerprint density at radius 3 is 2.67 bits per heavy atom. The third-order valence-corrected chi connectivity index (χ3v) is 4.10. The van der Waals surface area contributed by atoms with E-state index in [1.165, 1.54) is 25.7 Å². The Balaban J connectivity index is 1.49. The molecule has 0 aliphatic heterocycles. The van der Waals surface area contributed by atoms with E-state index in [1.807, 2.05) is 24.3 Å². The largest absolute Gasteiger partial charge is 0.491 e. The van der Waals surface area contributed by atoms with Gasteiger partial charge in [0.2, 0.25) is 0 Å². The quantitative estimate of drug-likeness (QED) is 0.667. The molecule has 1 aromatic rings. The van der Waals surface area contributed by atoms with Crippen LogP contribution in [-0.4, -0.2) is 43.6 Å². The van der Waals surface area contributed by atoms with Crippen LogP contribution in [0, 0.1) is 0 Å². The highest BCUT2D eigenvalue weighted by Crippen LogP contribution is 2.20. The van der Waals surface area contributed by atoms with E-state index in [0.29, 0.717) is 19.3 Å². The smallest absolute Gasteiger partial charge is 0.119 e. The summed E-state index contributed by atoms with van der Waals surface area (Å²) >= 11 is 3.37. The van der Waals surface area contributed by atoms with Gasteiger partial charge in [-0.1, -0.05) is 28.8 Å². The summed E-state index contributed by atoms with van der Waals surface area (Å²) in [5, 5.41) is 13.0. The van der Waals surface area contributed by atoms with Crippen LogP contribution in [0.2, 0.25) is 0 Å². The van der Waals surface area contributed by atoms with E-state index in [9.17, 15) is 5.11 Å². The van der Waals surface area contributed by atoms with Crippen molar-refractivity contribution in [3.05, 3.63) is 28.7 Å². The summed E-state index contributed by atoms with van der Waals surface area (Å²) in [6.07, 6.45) is 4.93. The van der Waals surface area contributed by atoms with Gasteiger partial charge in [-0.05, 0) is 37.1 Å². The highest BCUT2D eigenvalue weighted by molar-refractivity contribution is 9.10. The van der Waals surface area contributed by atoms with Gasteiger partial charge in [0.05, 0.1) is 12.7 Å². The second-order valence-electron chi connectivity index (χ2n) is 5.40. The Morgan fingerprint density at radius 1 is 1.24 bits per heavy atom. The van der Waals surface area contributed by atoms with Gasteiger partial charge in [0.15, 0.2) is 0 Å². The molecule has 1 aromatic carbocycles. The second-order valence-corrected chi connectivity index (χ2v) is 6.32. The summed E-state index contributed by atoms with van der Waals surface area (Å²) in [5.41, 5.74) is 0. The van der Waals surface area contributed by atoms with Crippen LogP contribution >= 0.6 is 15.9 Å². The third-order valence-electron chi connectivity index (χ3n) is 3.57. The van der Waals surface area contributed by atoms with E-state index in [2.05, 4.69) is 21.2 Å². The molecule has 1 unspecified atom stereocenters. The molecular weight excluding hydrogens is 334 g/mol. The maximum atomic E-state index is 9.84. The first-order chi connectivity index (χ1) is 10.2. The summed E-state index contributed by atoms with van der Waals surface area (Å²) in [5.74, 6) is 0.766. The fraction of sp³-hybridized carbons (Fsp3) is 0.625. The maximum absolute atomic E-state index is 9.84. The van der Waals surface area contributed by atoms with Crippen molar-refractivity contribution in [3.63, 3.8) is 0 Å². The molecule has 0 heterocycles. The molecule has 118 valence electrons. The van der Waals surface area contributed by atoms with Crippen LogP contribution in [0.5, 0.6) is 5.75 Å². The first-order valence-corrected chi connectivity index (χ1v) is 8.42. The molecule has 1 aliphatic carbocycles. The third kappa shape index (κ3) is 6.78. The number of benzene rings is 1. The molecule has 0 amide bonds. The average Bonchev–Trinajstić information content (AvgIpc) is 2.99. The Bertz CT molecular complexity index is 393. The van der Waals surface area contributed by atoms with Crippen molar-refractivity contribution in [2.75, 3.05) is 26.3 Å². The van der Waals surface area contributed by atoms with Crippen molar-refractivity contribution in [3.8, 4) is 5.75 Å². The zero-order chi connectivity index (χ0) is 14.9. The Morgan fingerprint density at radius 2 is 1.95 bits per heavy atom. The molecule has 2 rings (SSSR count). The number of nitrogens with one attached hydrogen (secondary N) is 1. The Hall–Kier alpha value is -0.620. The van der Waals surface area contributed by atoms with E-state index in [4.69, 9.17) is 9.47 Å². The van der Waals surface area contributed by atoms with E-state index in [1.54, 1.807) is 0 Å². The lowest BCUT2D eigenvalue weighted by Gasteiger charge is -2.14. The van der Waals surface area contributed by atoms with Crippen molar-refractivity contribution >= 4 is 15.9 Å². The highest BCUT2D eigenvalue weighted by Gasteiger charge is 2.14. The number of halogens is 1. The van der Waals surface area contributed by atoms with Crippen LogP contribution in [0.4, 0.5) is 0 Å². The molecule has 0 bridgehead atoms. The van der Waals surface area contributed by atoms with Crippen molar-refractivity contribution < 1.29 is 14.6 Å². The van der Waals surface area contributed by atoms with Crippen LogP contribution in [0.15, 0.2) is 28.7 Å². The van der Waals surface area contributed by atoms with Gasteiger partial charge in [0.1, 0.15) is 18.5 Å². The SMILES string of the molecule is OC(CNCCOC1CCCC1)COc1ccc(Br)cc1. The Kier molecular flexibility index (Phi) is 7.50. The minimum Gasteiger partial charge on any atom is -0.491 e. The molecule has 2 N–H and O–H groups in total. The van der Waals surface area contributed by atoms with Gasteiger partial charge in [0, 0.05) is 17.6 Å². The van der Waals surface area contributed by atoms with Gasteiger partial charge in [-0.3, -0.25) is 0 Å². The summed E-state index contributed by atoms with van der Waals surface area (Å²) < 4.78 is 12.3. The van der Waals surface area contributed by atoms with Crippen LogP contribution < -0.4 is 10.1 Å². The van der Waals surface area contributed by atoms with E-state index in [-0.39, 0.29) is 6.61 Å². The van der Waals surface area contributed by atoms with Gasteiger partial charge in [-0.15, -0.1) is 0 Å². The van der Waals surface area contributed by atoms with E-state index < -0.39 is 6.10 Å². The lowest BCUT2D eigenvalue weighted by Crippen LogP contribution is -2.33. The molecule has 21 heavy (non-hydrogen) atoms. The van der Waals surface area contributed by atoms with Crippen LogP contribution in [0.1, 0.15) is 25.7 Å². The topological polar surface area (TPSA) is 50.7 Å². The van der Waals surface area contributed by atoms with E-state index >= 15 is 0 Å². The molecular formula is C16H24BrNO3. The molecule has 0 spiro atoms. The minimum absolute atomic E-state index is 0.290. The normalized spacial score (nSPS) is 17.0. The standard InChI is InChI=1S/C16H24BrNO3/c17-13-5-7-16(8-6-13)21-12-14(19)11-18-9-10-20-15-3-1-2-4-15/h5-8,14-15,18-19H,1-4,9-12H2. The number of aliphatic hydroxyl groups excluding tert-OH is 1. The predicted molar refractivity (Wildman–Crippen MR) is 86.7 cm³/mol. The molecule has 5 heteroatoms. The van der Waals surface area contributed by atoms with Crippen LogP contribution in [0.3, 0.4) is 0 Å². The predicted octanol–water partition coefficient (Wildman–Crippen LogP) is 2.74. The van der Waals surface area contributed by atoms with Crippen LogP contribution in [-0.2, 0) is 4.74 Å². The monoisotopic (exact) mass is 357 g/mol. The summed E-state index contributed by atoms with van der Waals surface area (Å²) in [7, 11) is 0. The summed E-state index contributed by atoms with van der Waals surface area (Å²) in [6, 6.07) is 7.58. The van der Waals surface area contributed by atoms with Crippen molar-refractivity contribution in [1.82, 2.24) is 5.32 Å². The number of hydrogen-bond acceptors (Lipinski definition) is 4. The van der Waals surface area contributed by atoms with E-state index in [0.717, 1.165) is 16.8 Å². The number of ether oxygens (including phenoxy) is 2. The first-order valence-electron chi connectivity index (χ1n) is 7.63. The molecule has 1 fully saturated rings. The van der Waals surface area contributed by atoms with Crippen LogP contribution in [0.25, 0.3) is 0 Å². The fourth-order valence-electron chi connectivity index (χ4n) is 2.40. The molecule has 0 saturated heterocycles. The van der Waals surface area contributed by atoms with Crippen molar-refractivity contribution in [1.29, 1.82) is 0 Å². The van der Waals surface area contributed by atoms with Crippen molar-refractivity contribution in [2.45, 2.75) is 37.9 Å². The average molecular weight is 358 g/mol.